The maximum Gasteiger partial charge on any atom is 0.0967 e. The van der Waals surface area contributed by atoms with Gasteiger partial charge in [-0.05, 0) is 26.2 Å². The van der Waals surface area contributed by atoms with Gasteiger partial charge >= 0.3 is 0 Å². The van der Waals surface area contributed by atoms with Crippen LogP contribution in [0, 0.1) is 11.3 Å². The highest BCUT2D eigenvalue weighted by molar-refractivity contribution is 4.96. The Hall–Kier alpha value is -0.670. The fraction of sp³-hybridized carbons (Fsp3) is 0.929. The number of nitrogens with one attached hydrogen (secondary N) is 1. The van der Waals surface area contributed by atoms with Crippen molar-refractivity contribution in [3.63, 3.8) is 0 Å². The molecule has 1 rings (SSSR count). The van der Waals surface area contributed by atoms with Crippen LogP contribution < -0.4 is 5.32 Å². The third-order valence-electron chi connectivity index (χ3n) is 3.49. The van der Waals surface area contributed by atoms with Gasteiger partial charge in [-0.25, -0.2) is 0 Å². The van der Waals surface area contributed by atoms with Crippen LogP contribution in [-0.2, 0) is 9.47 Å². The van der Waals surface area contributed by atoms with Crippen molar-refractivity contribution in [3.05, 3.63) is 0 Å². The molecule has 1 aliphatic rings. The summed E-state index contributed by atoms with van der Waals surface area (Å²) in [6, 6.07) is 3.25. The summed E-state index contributed by atoms with van der Waals surface area (Å²) in [6.45, 7) is 5.33. The highest BCUT2D eigenvalue weighted by Gasteiger charge is 2.25. The number of hydrogen-bond donors (Lipinski definition) is 1. The fourth-order valence-corrected chi connectivity index (χ4v) is 2.12. The Balaban J connectivity index is 2.34. The zero-order valence-corrected chi connectivity index (χ0v) is 12.4. The molecule has 19 heavy (non-hydrogen) atoms. The summed E-state index contributed by atoms with van der Waals surface area (Å²) >= 11 is 0. The number of hydrogen-bond acceptors (Lipinski definition) is 5. The van der Waals surface area contributed by atoms with Crippen LogP contribution in [0.15, 0.2) is 0 Å². The van der Waals surface area contributed by atoms with Crippen molar-refractivity contribution in [2.24, 2.45) is 0 Å². The zero-order valence-electron chi connectivity index (χ0n) is 12.4. The molecule has 0 aromatic rings. The zero-order chi connectivity index (χ0) is 14.1. The summed E-state index contributed by atoms with van der Waals surface area (Å²) < 4.78 is 10.4. The molecule has 2 unspecified atom stereocenters. The van der Waals surface area contributed by atoms with E-state index >= 15 is 0 Å². The molecule has 0 amide bonds. The van der Waals surface area contributed by atoms with Crippen molar-refractivity contribution in [2.75, 3.05) is 40.5 Å². The van der Waals surface area contributed by atoms with Gasteiger partial charge in [-0.15, -0.1) is 0 Å². The van der Waals surface area contributed by atoms with E-state index in [9.17, 15) is 0 Å². The average Bonchev–Trinajstić information content (AvgIpc) is 3.21. The largest absolute Gasteiger partial charge is 0.383 e. The average molecular weight is 269 g/mol. The van der Waals surface area contributed by atoms with Gasteiger partial charge in [-0.3, -0.25) is 10.2 Å². The molecular formula is C14H27N3O2. The molecule has 0 heterocycles. The SMILES string of the molecule is COCCN(CCC(C#N)NC1CC1)C(C)COC. The Morgan fingerprint density at radius 3 is 2.58 bits per heavy atom. The van der Waals surface area contributed by atoms with Crippen LogP contribution in [0.4, 0.5) is 0 Å². The number of ether oxygens (including phenoxy) is 2. The highest BCUT2D eigenvalue weighted by atomic mass is 16.5. The maximum absolute atomic E-state index is 9.15. The van der Waals surface area contributed by atoms with Gasteiger partial charge in [0.2, 0.25) is 0 Å². The quantitative estimate of drug-likeness (QED) is 0.606. The minimum Gasteiger partial charge on any atom is -0.383 e. The van der Waals surface area contributed by atoms with Crippen LogP contribution in [0.2, 0.25) is 0 Å². The van der Waals surface area contributed by atoms with Gasteiger partial charge in [0.25, 0.3) is 0 Å². The van der Waals surface area contributed by atoms with Gasteiger partial charge in [0.15, 0.2) is 0 Å². The summed E-state index contributed by atoms with van der Waals surface area (Å²) in [7, 11) is 3.43. The van der Waals surface area contributed by atoms with E-state index in [0.717, 1.165) is 19.5 Å². The van der Waals surface area contributed by atoms with Crippen LogP contribution in [-0.4, -0.2) is 63.5 Å². The third kappa shape index (κ3) is 6.88. The number of nitriles is 1. The van der Waals surface area contributed by atoms with Gasteiger partial charge in [0.1, 0.15) is 0 Å². The molecular weight excluding hydrogens is 242 g/mol. The smallest absolute Gasteiger partial charge is 0.0967 e. The van der Waals surface area contributed by atoms with Crippen LogP contribution in [0.1, 0.15) is 26.2 Å². The molecule has 1 saturated carbocycles. The number of rotatable bonds is 11. The van der Waals surface area contributed by atoms with Crippen molar-refractivity contribution in [1.82, 2.24) is 10.2 Å². The van der Waals surface area contributed by atoms with Crippen LogP contribution >= 0.6 is 0 Å². The van der Waals surface area contributed by atoms with E-state index in [2.05, 4.69) is 23.2 Å². The number of nitrogens with zero attached hydrogens (tertiary/aromatic N) is 2. The molecule has 0 spiro atoms. The van der Waals surface area contributed by atoms with Gasteiger partial charge < -0.3 is 9.47 Å². The maximum atomic E-state index is 9.15. The first kappa shape index (κ1) is 16.4. The lowest BCUT2D eigenvalue weighted by atomic mass is 10.2. The molecule has 2 atom stereocenters. The second kappa shape index (κ2) is 9.27. The van der Waals surface area contributed by atoms with Crippen molar-refractivity contribution < 1.29 is 9.47 Å². The van der Waals surface area contributed by atoms with E-state index in [1.165, 1.54) is 12.8 Å². The lowest BCUT2D eigenvalue weighted by Crippen LogP contribution is -2.42. The summed E-state index contributed by atoms with van der Waals surface area (Å²) in [6.07, 6.45) is 3.28. The predicted molar refractivity (Wildman–Crippen MR) is 75.0 cm³/mol. The minimum absolute atomic E-state index is 0.0349. The van der Waals surface area contributed by atoms with Gasteiger partial charge in [0, 0.05) is 39.4 Å². The molecule has 5 heteroatoms. The molecule has 0 bridgehead atoms. The van der Waals surface area contributed by atoms with E-state index in [4.69, 9.17) is 14.7 Å². The standard InChI is InChI=1S/C14H27N3O2/c1-12(11-19-3)17(8-9-18-2)7-6-14(10-15)16-13-4-5-13/h12-14,16H,4-9,11H2,1-3H3. The monoisotopic (exact) mass is 269 g/mol. The Morgan fingerprint density at radius 1 is 1.32 bits per heavy atom. The summed E-state index contributed by atoms with van der Waals surface area (Å²) in [4.78, 5) is 2.33. The minimum atomic E-state index is -0.0349. The molecule has 1 aliphatic carbocycles. The van der Waals surface area contributed by atoms with Crippen molar-refractivity contribution in [3.8, 4) is 6.07 Å². The predicted octanol–water partition coefficient (Wildman–Crippen LogP) is 1.00. The topological polar surface area (TPSA) is 57.5 Å². The van der Waals surface area contributed by atoms with E-state index in [0.29, 0.717) is 25.3 Å². The van der Waals surface area contributed by atoms with Gasteiger partial charge in [0.05, 0.1) is 25.3 Å². The lowest BCUT2D eigenvalue weighted by Gasteiger charge is -2.29. The van der Waals surface area contributed by atoms with Crippen molar-refractivity contribution in [1.29, 1.82) is 5.26 Å². The Morgan fingerprint density at radius 2 is 2.05 bits per heavy atom. The molecule has 0 aromatic carbocycles. The summed E-state index contributed by atoms with van der Waals surface area (Å²) in [5.41, 5.74) is 0. The third-order valence-corrected chi connectivity index (χ3v) is 3.49. The van der Waals surface area contributed by atoms with Crippen LogP contribution in [0.5, 0.6) is 0 Å². The molecule has 1 fully saturated rings. The second-order valence-electron chi connectivity index (χ2n) is 5.24. The highest BCUT2D eigenvalue weighted by Crippen LogP contribution is 2.20. The Labute approximate surface area is 116 Å². The van der Waals surface area contributed by atoms with E-state index in [1.807, 2.05) is 0 Å². The van der Waals surface area contributed by atoms with Crippen molar-refractivity contribution >= 4 is 0 Å². The lowest BCUT2D eigenvalue weighted by molar-refractivity contribution is 0.0734. The van der Waals surface area contributed by atoms with E-state index in [1.54, 1.807) is 14.2 Å². The van der Waals surface area contributed by atoms with Gasteiger partial charge in [-0.2, -0.15) is 5.26 Å². The normalized spacial score (nSPS) is 18.3. The van der Waals surface area contributed by atoms with E-state index < -0.39 is 0 Å². The first-order chi connectivity index (χ1) is 9.21. The molecule has 0 radical (unpaired) electrons. The van der Waals surface area contributed by atoms with Crippen molar-refractivity contribution in [2.45, 2.75) is 44.3 Å². The van der Waals surface area contributed by atoms with Crippen LogP contribution in [0.3, 0.4) is 0 Å². The second-order valence-corrected chi connectivity index (χ2v) is 5.24. The first-order valence-corrected chi connectivity index (χ1v) is 7.08. The molecule has 0 aliphatic heterocycles. The number of methoxy groups -OCH3 is 2. The Bertz CT molecular complexity index is 276. The molecule has 1 N–H and O–H groups in total. The Kier molecular flexibility index (Phi) is 7.99. The van der Waals surface area contributed by atoms with Gasteiger partial charge in [-0.1, -0.05) is 0 Å². The fourth-order valence-electron chi connectivity index (χ4n) is 2.12. The van der Waals surface area contributed by atoms with Crippen LogP contribution in [0.25, 0.3) is 0 Å². The molecule has 110 valence electrons. The summed E-state index contributed by atoms with van der Waals surface area (Å²) in [5.74, 6) is 0. The molecule has 5 nitrogen and oxygen atoms in total. The first-order valence-electron chi connectivity index (χ1n) is 7.08. The molecule has 0 aromatic heterocycles. The molecule has 0 saturated heterocycles. The summed E-state index contributed by atoms with van der Waals surface area (Å²) in [5, 5.41) is 12.5. The van der Waals surface area contributed by atoms with E-state index in [-0.39, 0.29) is 6.04 Å².